The van der Waals surface area contributed by atoms with E-state index in [1.54, 1.807) is 30.3 Å². The first-order valence-corrected chi connectivity index (χ1v) is 6.40. The number of halogens is 1. The van der Waals surface area contributed by atoms with E-state index in [2.05, 4.69) is 4.98 Å². The fourth-order valence-electron chi connectivity index (χ4n) is 1.99. The minimum absolute atomic E-state index is 0.112. The average molecular weight is 287 g/mol. The molecule has 0 spiro atoms. The third kappa shape index (κ3) is 2.04. The first-order chi connectivity index (χ1) is 9.56. The number of hydrogen-bond acceptors (Lipinski definition) is 4. The van der Waals surface area contributed by atoms with Crippen molar-refractivity contribution < 1.29 is 9.21 Å². The molecule has 3 rings (SSSR count). The number of rotatable bonds is 2. The zero-order valence-electron chi connectivity index (χ0n) is 10.7. The van der Waals surface area contributed by atoms with E-state index in [1.165, 1.54) is 0 Å². The molecular formula is C15H11ClN2O2. The third-order valence-electron chi connectivity index (χ3n) is 3.05. The number of nitrogens with two attached hydrogens (primary N) is 1. The number of nitrogen functional groups attached to an aromatic ring is 1. The zero-order valence-corrected chi connectivity index (χ0v) is 11.4. The monoisotopic (exact) mass is 286 g/mol. The number of anilines is 1. The highest BCUT2D eigenvalue weighted by Crippen LogP contribution is 2.29. The molecular weight excluding hydrogens is 276 g/mol. The van der Waals surface area contributed by atoms with Crippen molar-refractivity contribution >= 4 is 34.2 Å². The number of aryl methyl sites for hydroxylation is 1. The maximum absolute atomic E-state index is 12.4. The second-order valence-corrected chi connectivity index (χ2v) is 4.92. The van der Waals surface area contributed by atoms with E-state index in [9.17, 15) is 4.79 Å². The molecule has 0 saturated heterocycles. The standard InChI is InChI=1S/C15H11ClN2O2/c1-8-2-7-11-12(17)14(20-15(11)18-8)13(19)9-3-5-10(16)6-4-9/h2-7H,17H2,1H3. The number of pyridine rings is 1. The fraction of sp³-hybridized carbons (Fsp3) is 0.0667. The molecule has 0 fully saturated rings. The van der Waals surface area contributed by atoms with Crippen molar-refractivity contribution in [2.45, 2.75) is 6.92 Å². The average Bonchev–Trinajstić information content (AvgIpc) is 2.75. The molecule has 0 saturated carbocycles. The van der Waals surface area contributed by atoms with Crippen LogP contribution in [-0.4, -0.2) is 10.8 Å². The predicted molar refractivity (Wildman–Crippen MR) is 78.0 cm³/mol. The summed E-state index contributed by atoms with van der Waals surface area (Å²) in [5.41, 5.74) is 7.94. The van der Waals surface area contributed by atoms with Crippen molar-refractivity contribution in [1.29, 1.82) is 0 Å². The molecule has 3 aromatic rings. The molecule has 20 heavy (non-hydrogen) atoms. The predicted octanol–water partition coefficient (Wildman–Crippen LogP) is 3.60. The van der Waals surface area contributed by atoms with E-state index in [0.29, 0.717) is 27.4 Å². The Balaban J connectivity index is 2.12. The normalized spacial score (nSPS) is 10.9. The maximum atomic E-state index is 12.4. The quantitative estimate of drug-likeness (QED) is 0.731. The Morgan fingerprint density at radius 2 is 1.90 bits per heavy atom. The van der Waals surface area contributed by atoms with Gasteiger partial charge in [-0.05, 0) is 43.3 Å². The van der Waals surface area contributed by atoms with Crippen LogP contribution < -0.4 is 5.73 Å². The van der Waals surface area contributed by atoms with E-state index < -0.39 is 0 Å². The Morgan fingerprint density at radius 1 is 1.20 bits per heavy atom. The Hall–Kier alpha value is -2.33. The number of carbonyl (C=O) groups is 1. The van der Waals surface area contributed by atoms with E-state index in [0.717, 1.165) is 5.69 Å². The van der Waals surface area contributed by atoms with Crippen LogP contribution >= 0.6 is 11.6 Å². The topological polar surface area (TPSA) is 69.1 Å². The lowest BCUT2D eigenvalue weighted by atomic mass is 10.1. The van der Waals surface area contributed by atoms with Gasteiger partial charge in [-0.25, -0.2) is 4.98 Å². The summed E-state index contributed by atoms with van der Waals surface area (Å²) in [6, 6.07) is 10.2. The van der Waals surface area contributed by atoms with Crippen LogP contribution in [0.5, 0.6) is 0 Å². The third-order valence-corrected chi connectivity index (χ3v) is 3.30. The minimum atomic E-state index is -0.283. The first kappa shape index (κ1) is 12.7. The van der Waals surface area contributed by atoms with Gasteiger partial charge in [0, 0.05) is 16.3 Å². The van der Waals surface area contributed by atoms with Crippen LogP contribution in [0.4, 0.5) is 5.69 Å². The van der Waals surface area contributed by atoms with Gasteiger partial charge in [-0.3, -0.25) is 4.79 Å². The molecule has 2 heterocycles. The number of nitrogens with zero attached hydrogens (tertiary/aromatic N) is 1. The van der Waals surface area contributed by atoms with E-state index in [4.69, 9.17) is 21.8 Å². The van der Waals surface area contributed by atoms with Crippen LogP contribution in [0.1, 0.15) is 21.8 Å². The number of fused-ring (bicyclic) bond motifs is 1. The molecule has 4 nitrogen and oxygen atoms in total. The summed E-state index contributed by atoms with van der Waals surface area (Å²) in [5.74, 6) is -0.171. The van der Waals surface area contributed by atoms with Gasteiger partial charge in [-0.1, -0.05) is 11.6 Å². The summed E-state index contributed by atoms with van der Waals surface area (Å²) in [6.45, 7) is 1.85. The lowest BCUT2D eigenvalue weighted by Gasteiger charge is -1.98. The van der Waals surface area contributed by atoms with Crippen LogP contribution in [0.25, 0.3) is 11.1 Å². The number of ketones is 1. The second kappa shape index (κ2) is 4.65. The molecule has 0 aliphatic carbocycles. The molecule has 2 aromatic heterocycles. The summed E-state index contributed by atoms with van der Waals surface area (Å²) >= 11 is 5.81. The van der Waals surface area contributed by atoms with Gasteiger partial charge in [0.05, 0.1) is 11.1 Å². The van der Waals surface area contributed by atoms with Crippen molar-refractivity contribution in [2.75, 3.05) is 5.73 Å². The molecule has 2 N–H and O–H groups in total. The van der Waals surface area contributed by atoms with Gasteiger partial charge in [0.2, 0.25) is 17.3 Å². The molecule has 0 amide bonds. The van der Waals surface area contributed by atoms with Crippen LogP contribution in [-0.2, 0) is 0 Å². The zero-order chi connectivity index (χ0) is 14.3. The molecule has 0 aliphatic rings. The van der Waals surface area contributed by atoms with Crippen molar-refractivity contribution in [1.82, 2.24) is 4.98 Å². The number of carbonyl (C=O) groups excluding carboxylic acids is 1. The van der Waals surface area contributed by atoms with Crippen LogP contribution in [0, 0.1) is 6.92 Å². The number of aromatic nitrogens is 1. The summed E-state index contributed by atoms with van der Waals surface area (Å²) in [5, 5.41) is 1.21. The molecule has 0 radical (unpaired) electrons. The Morgan fingerprint density at radius 3 is 2.60 bits per heavy atom. The number of hydrogen-bond donors (Lipinski definition) is 1. The number of furan rings is 1. The highest BCUT2D eigenvalue weighted by atomic mass is 35.5. The lowest BCUT2D eigenvalue weighted by molar-refractivity contribution is 0.101. The van der Waals surface area contributed by atoms with Gasteiger partial charge < -0.3 is 10.2 Å². The SMILES string of the molecule is Cc1ccc2c(N)c(C(=O)c3ccc(Cl)cc3)oc2n1. The van der Waals surface area contributed by atoms with Crippen molar-refractivity contribution in [3.63, 3.8) is 0 Å². The summed E-state index contributed by atoms with van der Waals surface area (Å²) in [7, 11) is 0. The van der Waals surface area contributed by atoms with Gasteiger partial charge in [0.25, 0.3) is 0 Å². The van der Waals surface area contributed by atoms with Gasteiger partial charge in [-0.15, -0.1) is 0 Å². The van der Waals surface area contributed by atoms with Crippen molar-refractivity contribution in [2.24, 2.45) is 0 Å². The number of benzene rings is 1. The first-order valence-electron chi connectivity index (χ1n) is 6.02. The lowest BCUT2D eigenvalue weighted by Crippen LogP contribution is -2.02. The van der Waals surface area contributed by atoms with Crippen molar-refractivity contribution in [3.05, 3.63) is 58.4 Å². The fourth-order valence-corrected chi connectivity index (χ4v) is 2.12. The second-order valence-electron chi connectivity index (χ2n) is 4.49. The summed E-state index contributed by atoms with van der Waals surface area (Å²) < 4.78 is 5.51. The summed E-state index contributed by atoms with van der Waals surface area (Å²) in [4.78, 5) is 16.6. The minimum Gasteiger partial charge on any atom is -0.432 e. The highest BCUT2D eigenvalue weighted by Gasteiger charge is 2.20. The molecule has 1 aromatic carbocycles. The van der Waals surface area contributed by atoms with E-state index in [1.807, 2.05) is 13.0 Å². The molecule has 0 aliphatic heterocycles. The van der Waals surface area contributed by atoms with Gasteiger partial charge in [0.15, 0.2) is 0 Å². The summed E-state index contributed by atoms with van der Waals surface area (Å²) in [6.07, 6.45) is 0. The van der Waals surface area contributed by atoms with Gasteiger partial charge in [0.1, 0.15) is 0 Å². The largest absolute Gasteiger partial charge is 0.432 e. The molecule has 5 heteroatoms. The van der Waals surface area contributed by atoms with Crippen LogP contribution in [0.15, 0.2) is 40.8 Å². The molecule has 0 bridgehead atoms. The van der Waals surface area contributed by atoms with Crippen molar-refractivity contribution in [3.8, 4) is 0 Å². The van der Waals surface area contributed by atoms with Gasteiger partial charge >= 0.3 is 0 Å². The molecule has 100 valence electrons. The molecule has 0 unspecified atom stereocenters. The smallest absolute Gasteiger partial charge is 0.230 e. The van der Waals surface area contributed by atoms with Gasteiger partial charge in [-0.2, -0.15) is 0 Å². The molecule has 0 atom stereocenters. The maximum Gasteiger partial charge on any atom is 0.230 e. The highest BCUT2D eigenvalue weighted by molar-refractivity contribution is 6.30. The van der Waals surface area contributed by atoms with E-state index in [-0.39, 0.29) is 11.5 Å². The Bertz CT molecular complexity index is 807. The van der Waals surface area contributed by atoms with Crippen LogP contribution in [0.3, 0.4) is 0 Å². The van der Waals surface area contributed by atoms with E-state index >= 15 is 0 Å². The Labute approximate surface area is 120 Å². The van der Waals surface area contributed by atoms with Crippen LogP contribution in [0.2, 0.25) is 5.02 Å². The Kier molecular flexibility index (Phi) is 2.95.